The Bertz CT molecular complexity index is 684. The van der Waals surface area contributed by atoms with Gasteiger partial charge >= 0.3 is 0 Å². The van der Waals surface area contributed by atoms with Crippen molar-refractivity contribution in [1.82, 2.24) is 15.6 Å². The van der Waals surface area contributed by atoms with Gasteiger partial charge in [-0.05, 0) is 31.0 Å². The highest BCUT2D eigenvalue weighted by molar-refractivity contribution is 14.0. The van der Waals surface area contributed by atoms with Crippen molar-refractivity contribution in [3.63, 3.8) is 0 Å². The molecule has 26 heavy (non-hydrogen) atoms. The number of guanidine groups is 1. The average Bonchev–Trinajstić information content (AvgIpc) is 3.08. The molecule has 0 radical (unpaired) electrons. The summed E-state index contributed by atoms with van der Waals surface area (Å²) in [5.41, 5.74) is 2.40. The lowest BCUT2D eigenvalue weighted by atomic mass is 10.2. The zero-order valence-corrected chi connectivity index (χ0v) is 19.2. The molecular weight excluding hydrogens is 457 g/mol. The zero-order chi connectivity index (χ0) is 18.1. The summed E-state index contributed by atoms with van der Waals surface area (Å²) >= 11 is 1.80. The number of aromatic nitrogens is 1. The van der Waals surface area contributed by atoms with Gasteiger partial charge in [0.05, 0.1) is 11.6 Å². The summed E-state index contributed by atoms with van der Waals surface area (Å²) in [7, 11) is 4.10. The number of halogens is 1. The first-order chi connectivity index (χ1) is 12.1. The minimum atomic E-state index is 0. The SMILES string of the molecule is CCNC(=NCc1cccc(N(C)C)c1)NCCc1ncc(CC)s1.I. The first-order valence-corrected chi connectivity index (χ1v) is 9.66. The number of rotatable bonds is 8. The van der Waals surface area contributed by atoms with Crippen LogP contribution in [0.3, 0.4) is 0 Å². The molecule has 0 atom stereocenters. The summed E-state index contributed by atoms with van der Waals surface area (Å²) in [6.45, 7) is 6.59. The number of thiazole rings is 1. The molecule has 2 rings (SSSR count). The fraction of sp³-hybridized carbons (Fsp3) is 0.474. The number of aryl methyl sites for hydroxylation is 1. The molecule has 0 fully saturated rings. The first-order valence-electron chi connectivity index (χ1n) is 8.84. The lowest BCUT2D eigenvalue weighted by Crippen LogP contribution is -2.38. The summed E-state index contributed by atoms with van der Waals surface area (Å²) in [6, 6.07) is 8.47. The summed E-state index contributed by atoms with van der Waals surface area (Å²) < 4.78 is 0. The van der Waals surface area contributed by atoms with Crippen LogP contribution in [0.4, 0.5) is 5.69 Å². The molecule has 0 aliphatic rings. The number of hydrogen-bond donors (Lipinski definition) is 2. The standard InChI is InChI=1S/C19H29N5S.HI/c1-5-17-14-22-18(25-17)10-11-21-19(20-6-2)23-13-15-8-7-9-16(12-15)24(3)4;/h7-9,12,14H,5-6,10-11,13H2,1-4H3,(H2,20,21,23);1H. The van der Waals surface area contributed by atoms with Crippen LogP contribution in [0, 0.1) is 0 Å². The Hall–Kier alpha value is -1.35. The van der Waals surface area contributed by atoms with Gasteiger partial charge in [-0.25, -0.2) is 9.98 Å². The Kier molecular flexibility index (Phi) is 10.6. The van der Waals surface area contributed by atoms with Gasteiger partial charge in [-0.1, -0.05) is 19.1 Å². The normalized spacial score (nSPS) is 11.0. The average molecular weight is 487 g/mol. The second-order valence-electron chi connectivity index (χ2n) is 6.01. The van der Waals surface area contributed by atoms with Crippen molar-refractivity contribution in [2.45, 2.75) is 33.2 Å². The molecule has 5 nitrogen and oxygen atoms in total. The first kappa shape index (κ1) is 22.7. The molecule has 2 N–H and O–H groups in total. The van der Waals surface area contributed by atoms with Crippen LogP contribution in [0.2, 0.25) is 0 Å². The van der Waals surface area contributed by atoms with Gasteiger partial charge in [-0.3, -0.25) is 0 Å². The molecule has 144 valence electrons. The van der Waals surface area contributed by atoms with E-state index in [-0.39, 0.29) is 24.0 Å². The van der Waals surface area contributed by atoms with Gasteiger partial charge in [0.2, 0.25) is 0 Å². The Labute approximate surface area is 178 Å². The summed E-state index contributed by atoms with van der Waals surface area (Å²) in [5.74, 6) is 0.852. The minimum absolute atomic E-state index is 0. The smallest absolute Gasteiger partial charge is 0.191 e. The largest absolute Gasteiger partial charge is 0.378 e. The van der Waals surface area contributed by atoms with Crippen molar-refractivity contribution in [1.29, 1.82) is 0 Å². The van der Waals surface area contributed by atoms with Crippen molar-refractivity contribution in [3.8, 4) is 0 Å². The van der Waals surface area contributed by atoms with Gasteiger partial charge in [0.1, 0.15) is 0 Å². The molecule has 0 spiro atoms. The predicted molar refractivity (Wildman–Crippen MR) is 124 cm³/mol. The fourth-order valence-electron chi connectivity index (χ4n) is 2.36. The van der Waals surface area contributed by atoms with E-state index in [1.165, 1.54) is 21.1 Å². The molecule has 0 amide bonds. The number of nitrogens with one attached hydrogen (secondary N) is 2. The van der Waals surface area contributed by atoms with E-state index < -0.39 is 0 Å². The van der Waals surface area contributed by atoms with Crippen LogP contribution in [-0.2, 0) is 19.4 Å². The van der Waals surface area contributed by atoms with Gasteiger partial charge in [0.25, 0.3) is 0 Å². The molecule has 1 aromatic carbocycles. The third-order valence-corrected chi connectivity index (χ3v) is 4.97. The topological polar surface area (TPSA) is 52.6 Å². The Morgan fingerprint density at radius 3 is 2.69 bits per heavy atom. The van der Waals surface area contributed by atoms with E-state index >= 15 is 0 Å². The number of nitrogens with zero attached hydrogens (tertiary/aromatic N) is 3. The van der Waals surface area contributed by atoms with E-state index in [9.17, 15) is 0 Å². The fourth-order valence-corrected chi connectivity index (χ4v) is 3.22. The highest BCUT2D eigenvalue weighted by Crippen LogP contribution is 2.14. The molecule has 1 aromatic heterocycles. The molecular formula is C19H30IN5S. The van der Waals surface area contributed by atoms with Crippen LogP contribution in [0.5, 0.6) is 0 Å². The van der Waals surface area contributed by atoms with E-state index in [0.717, 1.165) is 31.9 Å². The maximum Gasteiger partial charge on any atom is 0.191 e. The molecule has 2 aromatic rings. The van der Waals surface area contributed by atoms with E-state index in [2.05, 4.69) is 72.7 Å². The Morgan fingerprint density at radius 2 is 2.04 bits per heavy atom. The third-order valence-electron chi connectivity index (χ3n) is 3.77. The summed E-state index contributed by atoms with van der Waals surface area (Å²) in [5, 5.41) is 7.88. The monoisotopic (exact) mass is 487 g/mol. The van der Waals surface area contributed by atoms with Crippen LogP contribution >= 0.6 is 35.3 Å². The van der Waals surface area contributed by atoms with Crippen molar-refractivity contribution in [2.24, 2.45) is 4.99 Å². The Morgan fingerprint density at radius 1 is 1.23 bits per heavy atom. The lowest BCUT2D eigenvalue weighted by Gasteiger charge is -2.14. The molecule has 0 aliphatic heterocycles. The van der Waals surface area contributed by atoms with Gasteiger partial charge in [0.15, 0.2) is 5.96 Å². The van der Waals surface area contributed by atoms with Crippen LogP contribution < -0.4 is 15.5 Å². The van der Waals surface area contributed by atoms with Gasteiger partial charge in [-0.2, -0.15) is 0 Å². The van der Waals surface area contributed by atoms with Crippen LogP contribution in [0.15, 0.2) is 35.5 Å². The number of benzene rings is 1. The van der Waals surface area contributed by atoms with Gasteiger partial charge in [-0.15, -0.1) is 35.3 Å². The van der Waals surface area contributed by atoms with E-state index in [4.69, 9.17) is 4.99 Å². The van der Waals surface area contributed by atoms with Crippen molar-refractivity contribution in [3.05, 3.63) is 45.9 Å². The molecule has 0 aliphatic carbocycles. The molecule has 0 saturated heterocycles. The second kappa shape index (κ2) is 12.1. The zero-order valence-electron chi connectivity index (χ0n) is 16.1. The molecule has 0 bridgehead atoms. The number of anilines is 1. The summed E-state index contributed by atoms with van der Waals surface area (Å²) in [4.78, 5) is 12.6. The maximum absolute atomic E-state index is 4.70. The van der Waals surface area contributed by atoms with Crippen molar-refractivity contribution >= 4 is 47.0 Å². The van der Waals surface area contributed by atoms with Crippen molar-refractivity contribution < 1.29 is 0 Å². The van der Waals surface area contributed by atoms with Gasteiger partial charge in [0, 0.05) is 50.4 Å². The number of aliphatic imine (C=N–C) groups is 1. The minimum Gasteiger partial charge on any atom is -0.378 e. The molecule has 0 unspecified atom stereocenters. The van der Waals surface area contributed by atoms with Crippen LogP contribution in [0.1, 0.15) is 29.3 Å². The molecule has 7 heteroatoms. The van der Waals surface area contributed by atoms with E-state index in [0.29, 0.717) is 6.54 Å². The quantitative estimate of drug-likeness (QED) is 0.339. The van der Waals surface area contributed by atoms with E-state index in [1.807, 2.05) is 6.20 Å². The highest BCUT2D eigenvalue weighted by Gasteiger charge is 2.03. The van der Waals surface area contributed by atoms with Gasteiger partial charge < -0.3 is 15.5 Å². The second-order valence-corrected chi connectivity index (χ2v) is 7.21. The van der Waals surface area contributed by atoms with E-state index in [1.54, 1.807) is 11.3 Å². The Balaban J connectivity index is 0.00000338. The highest BCUT2D eigenvalue weighted by atomic mass is 127. The summed E-state index contributed by atoms with van der Waals surface area (Å²) in [6.07, 6.45) is 3.96. The molecule has 1 heterocycles. The number of hydrogen-bond acceptors (Lipinski definition) is 4. The predicted octanol–water partition coefficient (Wildman–Crippen LogP) is 3.69. The van der Waals surface area contributed by atoms with Crippen LogP contribution in [0.25, 0.3) is 0 Å². The van der Waals surface area contributed by atoms with Crippen LogP contribution in [-0.4, -0.2) is 38.1 Å². The maximum atomic E-state index is 4.70. The molecule has 0 saturated carbocycles. The third kappa shape index (κ3) is 7.49. The lowest BCUT2D eigenvalue weighted by molar-refractivity contribution is 0.796. The van der Waals surface area contributed by atoms with Crippen molar-refractivity contribution in [2.75, 3.05) is 32.1 Å².